The van der Waals surface area contributed by atoms with Crippen LogP contribution < -0.4 is 0 Å². The first kappa shape index (κ1) is 15.9. The number of ether oxygens (including phenoxy) is 4. The number of rotatable bonds is 4. The largest absolute Gasteiger partial charge is 0.458 e. The molecule has 4 atom stereocenters. The zero-order chi connectivity index (χ0) is 14.6. The second-order valence-electron chi connectivity index (χ2n) is 4.91. The third-order valence-corrected chi connectivity index (χ3v) is 2.66. The molecule has 0 unspecified atom stereocenters. The van der Waals surface area contributed by atoms with E-state index in [9.17, 15) is 9.59 Å². The number of hydrogen-bond acceptors (Lipinski definition) is 6. The van der Waals surface area contributed by atoms with Crippen LogP contribution in [-0.2, 0) is 28.5 Å². The van der Waals surface area contributed by atoms with E-state index in [1.165, 1.54) is 13.8 Å². The van der Waals surface area contributed by atoms with Gasteiger partial charge in [-0.05, 0) is 20.8 Å². The summed E-state index contributed by atoms with van der Waals surface area (Å²) in [6, 6.07) is 0. The van der Waals surface area contributed by atoms with Crippen LogP contribution in [0.4, 0.5) is 0 Å². The normalized spacial score (nSPS) is 31.1. The van der Waals surface area contributed by atoms with Gasteiger partial charge in [0.1, 0.15) is 6.10 Å². The van der Waals surface area contributed by atoms with E-state index in [0.29, 0.717) is 6.42 Å². The second-order valence-corrected chi connectivity index (χ2v) is 4.91. The Morgan fingerprint density at radius 2 is 1.74 bits per heavy atom. The van der Waals surface area contributed by atoms with Crippen molar-refractivity contribution in [2.75, 3.05) is 0 Å². The average molecular weight is 274 g/mol. The maximum atomic E-state index is 11.1. The fourth-order valence-corrected chi connectivity index (χ4v) is 2.08. The summed E-state index contributed by atoms with van der Waals surface area (Å²) >= 11 is 0. The Labute approximate surface area is 113 Å². The Kier molecular flexibility index (Phi) is 5.75. The topological polar surface area (TPSA) is 71.1 Å². The molecule has 1 heterocycles. The summed E-state index contributed by atoms with van der Waals surface area (Å²) in [5, 5.41) is 0. The maximum Gasteiger partial charge on any atom is 0.303 e. The predicted octanol–water partition coefficient (Wildman–Crippen LogP) is 1.41. The minimum Gasteiger partial charge on any atom is -0.458 e. The lowest BCUT2D eigenvalue weighted by molar-refractivity contribution is -0.263. The van der Waals surface area contributed by atoms with E-state index in [2.05, 4.69) is 0 Å². The predicted molar refractivity (Wildman–Crippen MR) is 66.3 cm³/mol. The van der Waals surface area contributed by atoms with Crippen molar-refractivity contribution >= 4 is 11.9 Å². The first-order chi connectivity index (χ1) is 8.79. The quantitative estimate of drug-likeness (QED) is 0.722. The Bertz CT molecular complexity index is 327. The van der Waals surface area contributed by atoms with Gasteiger partial charge in [0, 0.05) is 20.3 Å². The van der Waals surface area contributed by atoms with Gasteiger partial charge in [0.05, 0.1) is 12.2 Å². The molecule has 0 aliphatic carbocycles. The smallest absolute Gasteiger partial charge is 0.303 e. The monoisotopic (exact) mass is 274 g/mol. The lowest BCUT2D eigenvalue weighted by Gasteiger charge is -2.39. The fourth-order valence-electron chi connectivity index (χ4n) is 2.08. The Balaban J connectivity index is 2.74. The van der Waals surface area contributed by atoms with Gasteiger partial charge in [-0.25, -0.2) is 0 Å². The van der Waals surface area contributed by atoms with Crippen molar-refractivity contribution in [2.45, 2.75) is 71.7 Å². The average Bonchev–Trinajstić information content (AvgIpc) is 2.21. The molecule has 0 aromatic heterocycles. The summed E-state index contributed by atoms with van der Waals surface area (Å²) in [6.45, 7) is 8.19. The highest BCUT2D eigenvalue weighted by Gasteiger charge is 2.41. The van der Waals surface area contributed by atoms with Crippen molar-refractivity contribution in [2.24, 2.45) is 0 Å². The fraction of sp³-hybridized carbons (Fsp3) is 0.846. The van der Waals surface area contributed by atoms with Crippen LogP contribution in [-0.4, -0.2) is 42.6 Å². The highest BCUT2D eigenvalue weighted by atomic mass is 16.7. The van der Waals surface area contributed by atoms with E-state index in [1.807, 2.05) is 13.8 Å². The number of carbonyl (C=O) groups excluding carboxylic acids is 2. The van der Waals surface area contributed by atoms with Gasteiger partial charge in [0.25, 0.3) is 0 Å². The minimum absolute atomic E-state index is 0.000420. The van der Waals surface area contributed by atoms with Gasteiger partial charge in [-0.2, -0.15) is 0 Å². The minimum atomic E-state index is -0.603. The van der Waals surface area contributed by atoms with E-state index >= 15 is 0 Å². The molecule has 0 aromatic carbocycles. The van der Waals surface area contributed by atoms with Crippen molar-refractivity contribution < 1.29 is 28.5 Å². The molecule has 0 spiro atoms. The summed E-state index contributed by atoms with van der Waals surface area (Å²) < 4.78 is 21.6. The Morgan fingerprint density at radius 3 is 2.21 bits per heavy atom. The van der Waals surface area contributed by atoms with E-state index in [-0.39, 0.29) is 6.10 Å². The summed E-state index contributed by atoms with van der Waals surface area (Å²) in [4.78, 5) is 22.2. The van der Waals surface area contributed by atoms with Crippen molar-refractivity contribution in [3.63, 3.8) is 0 Å². The van der Waals surface area contributed by atoms with E-state index in [1.54, 1.807) is 6.92 Å². The van der Waals surface area contributed by atoms with Crippen LogP contribution in [0.3, 0.4) is 0 Å². The van der Waals surface area contributed by atoms with Gasteiger partial charge in [0.2, 0.25) is 0 Å². The lowest BCUT2D eigenvalue weighted by Crippen LogP contribution is -2.51. The molecule has 19 heavy (non-hydrogen) atoms. The molecule has 0 amide bonds. The molecule has 110 valence electrons. The molecule has 1 fully saturated rings. The molecule has 1 aliphatic rings. The molecular weight excluding hydrogens is 252 g/mol. The van der Waals surface area contributed by atoms with Gasteiger partial charge in [-0.15, -0.1) is 0 Å². The van der Waals surface area contributed by atoms with Crippen LogP contribution in [0, 0.1) is 0 Å². The molecule has 1 saturated heterocycles. The molecule has 1 rings (SSSR count). The number of carbonyl (C=O) groups is 2. The summed E-state index contributed by atoms with van der Waals surface area (Å²) in [7, 11) is 0. The van der Waals surface area contributed by atoms with Crippen molar-refractivity contribution in [3.05, 3.63) is 0 Å². The second kappa shape index (κ2) is 6.86. The van der Waals surface area contributed by atoms with Crippen LogP contribution in [0.5, 0.6) is 0 Å². The molecule has 1 aliphatic heterocycles. The standard InChI is InChI=1S/C13H22O6/c1-7(2)16-12-6-11(18-9(4)14)13(8(3)17-12)19-10(5)15/h7-8,11-13H,6H2,1-5H3/t8-,11-,12+,13-/m0/s1. The highest BCUT2D eigenvalue weighted by Crippen LogP contribution is 2.26. The SMILES string of the molecule is CC(=O)O[C@H]1[C@H](C)O[C@@H](OC(C)C)C[C@@H]1OC(C)=O. The van der Waals surface area contributed by atoms with Gasteiger partial charge in [-0.1, -0.05) is 0 Å². The third-order valence-electron chi connectivity index (χ3n) is 2.66. The first-order valence-corrected chi connectivity index (χ1v) is 6.45. The van der Waals surface area contributed by atoms with Crippen molar-refractivity contribution in [3.8, 4) is 0 Å². The van der Waals surface area contributed by atoms with Crippen LogP contribution in [0.1, 0.15) is 41.0 Å². The molecule has 6 nitrogen and oxygen atoms in total. The molecule has 0 saturated carbocycles. The summed E-state index contributed by atoms with van der Waals surface area (Å²) in [5.74, 6) is -0.847. The summed E-state index contributed by atoms with van der Waals surface area (Å²) in [6.07, 6.45) is -1.67. The van der Waals surface area contributed by atoms with Crippen LogP contribution in [0.15, 0.2) is 0 Å². The molecule has 0 radical (unpaired) electrons. The third kappa shape index (κ3) is 5.16. The molecule has 0 bridgehead atoms. The van der Waals surface area contributed by atoms with Crippen LogP contribution in [0.2, 0.25) is 0 Å². The molecule has 0 N–H and O–H groups in total. The number of hydrogen-bond donors (Lipinski definition) is 0. The van der Waals surface area contributed by atoms with E-state index < -0.39 is 36.5 Å². The van der Waals surface area contributed by atoms with Crippen LogP contribution >= 0.6 is 0 Å². The number of esters is 2. The highest BCUT2D eigenvalue weighted by molar-refractivity contribution is 5.67. The van der Waals surface area contributed by atoms with Gasteiger partial charge >= 0.3 is 11.9 Å². The lowest BCUT2D eigenvalue weighted by atomic mass is 10.0. The van der Waals surface area contributed by atoms with Crippen molar-refractivity contribution in [1.29, 1.82) is 0 Å². The maximum absolute atomic E-state index is 11.1. The van der Waals surface area contributed by atoms with Crippen molar-refractivity contribution in [1.82, 2.24) is 0 Å². The first-order valence-electron chi connectivity index (χ1n) is 6.45. The van der Waals surface area contributed by atoms with Gasteiger partial charge in [-0.3, -0.25) is 9.59 Å². The van der Waals surface area contributed by atoms with E-state index in [0.717, 1.165) is 0 Å². The van der Waals surface area contributed by atoms with E-state index in [4.69, 9.17) is 18.9 Å². The Morgan fingerprint density at radius 1 is 1.16 bits per heavy atom. The van der Waals surface area contributed by atoms with Gasteiger partial charge < -0.3 is 18.9 Å². The van der Waals surface area contributed by atoms with Gasteiger partial charge in [0.15, 0.2) is 12.4 Å². The molecule has 6 heteroatoms. The zero-order valence-electron chi connectivity index (χ0n) is 12.0. The molecule has 0 aromatic rings. The zero-order valence-corrected chi connectivity index (χ0v) is 12.0. The van der Waals surface area contributed by atoms with Crippen LogP contribution in [0.25, 0.3) is 0 Å². The molecular formula is C13H22O6. The summed E-state index contributed by atoms with van der Waals surface area (Å²) in [5.41, 5.74) is 0. The Hall–Kier alpha value is -1.14.